The fourth-order valence-electron chi connectivity index (χ4n) is 2.65. The smallest absolute Gasteiger partial charge is 0.306 e. The number of hydrogen-bond acceptors (Lipinski definition) is 4. The number of fused-ring (bicyclic) bond motifs is 1. The average Bonchev–Trinajstić information content (AvgIpc) is 2.87. The van der Waals surface area contributed by atoms with Gasteiger partial charge in [0.25, 0.3) is 0 Å². The predicted molar refractivity (Wildman–Crippen MR) is 70.9 cm³/mol. The second kappa shape index (κ2) is 4.87. The van der Waals surface area contributed by atoms with Gasteiger partial charge in [-0.05, 0) is 43.9 Å². The van der Waals surface area contributed by atoms with Crippen LogP contribution in [0.3, 0.4) is 0 Å². The van der Waals surface area contributed by atoms with Gasteiger partial charge >= 0.3 is 5.97 Å². The number of anilines is 1. The highest BCUT2D eigenvalue weighted by Gasteiger charge is 2.25. The number of nitrogens with one attached hydrogen (secondary N) is 2. The van der Waals surface area contributed by atoms with E-state index in [0.29, 0.717) is 6.04 Å². The first-order chi connectivity index (χ1) is 9.22. The van der Waals surface area contributed by atoms with E-state index in [1.54, 1.807) is 0 Å². The Morgan fingerprint density at radius 1 is 1.21 bits per heavy atom. The van der Waals surface area contributed by atoms with Crippen molar-refractivity contribution >= 4 is 22.7 Å². The SMILES string of the molecule is O=C(O)C1CCC(Nc2ccc3n[nH]nc3c2)CC1. The molecule has 19 heavy (non-hydrogen) atoms. The van der Waals surface area contributed by atoms with Gasteiger partial charge in [0, 0.05) is 11.7 Å². The molecule has 1 aromatic heterocycles. The first-order valence-electron chi connectivity index (χ1n) is 6.52. The lowest BCUT2D eigenvalue weighted by Crippen LogP contribution is -2.29. The Kier molecular flexibility index (Phi) is 3.06. The second-order valence-electron chi connectivity index (χ2n) is 5.06. The highest BCUT2D eigenvalue weighted by Crippen LogP contribution is 2.27. The van der Waals surface area contributed by atoms with Gasteiger partial charge in [-0.15, -0.1) is 0 Å². The third-order valence-electron chi connectivity index (χ3n) is 3.76. The second-order valence-corrected chi connectivity index (χ2v) is 5.06. The Hall–Kier alpha value is -2.11. The van der Waals surface area contributed by atoms with Crippen LogP contribution in [0.25, 0.3) is 11.0 Å². The summed E-state index contributed by atoms with van der Waals surface area (Å²) in [6, 6.07) is 6.21. The van der Waals surface area contributed by atoms with Crippen LogP contribution in [-0.2, 0) is 4.79 Å². The first kappa shape index (κ1) is 12.0. The normalized spacial score (nSPS) is 23.4. The number of nitrogens with zero attached hydrogens (tertiary/aromatic N) is 2. The molecule has 6 heteroatoms. The molecule has 1 aromatic carbocycles. The zero-order chi connectivity index (χ0) is 13.2. The van der Waals surface area contributed by atoms with Crippen molar-refractivity contribution < 1.29 is 9.90 Å². The van der Waals surface area contributed by atoms with E-state index in [-0.39, 0.29) is 5.92 Å². The number of carboxylic acids is 1. The summed E-state index contributed by atoms with van der Waals surface area (Å²) in [5, 5.41) is 23.1. The fraction of sp³-hybridized carbons (Fsp3) is 0.462. The molecule has 3 N–H and O–H groups in total. The Morgan fingerprint density at radius 3 is 2.68 bits per heavy atom. The van der Waals surface area contributed by atoms with Gasteiger partial charge in [0.15, 0.2) is 0 Å². The monoisotopic (exact) mass is 260 g/mol. The third-order valence-corrected chi connectivity index (χ3v) is 3.76. The van der Waals surface area contributed by atoms with Crippen LogP contribution in [0.1, 0.15) is 25.7 Å². The van der Waals surface area contributed by atoms with Gasteiger partial charge in [-0.1, -0.05) is 0 Å². The molecule has 1 aliphatic rings. The summed E-state index contributed by atoms with van der Waals surface area (Å²) >= 11 is 0. The lowest BCUT2D eigenvalue weighted by Gasteiger charge is -2.27. The molecule has 1 heterocycles. The lowest BCUT2D eigenvalue weighted by atomic mass is 9.86. The highest BCUT2D eigenvalue weighted by molar-refractivity contribution is 5.78. The molecule has 1 aliphatic carbocycles. The summed E-state index contributed by atoms with van der Waals surface area (Å²) in [5.74, 6) is -0.835. The van der Waals surface area contributed by atoms with E-state index in [9.17, 15) is 4.79 Å². The number of H-pyrrole nitrogens is 1. The van der Waals surface area contributed by atoms with Crippen molar-refractivity contribution in [2.24, 2.45) is 5.92 Å². The van der Waals surface area contributed by atoms with E-state index < -0.39 is 5.97 Å². The summed E-state index contributed by atoms with van der Waals surface area (Å²) in [5.41, 5.74) is 2.70. The van der Waals surface area contributed by atoms with Crippen molar-refractivity contribution in [1.82, 2.24) is 15.4 Å². The number of carboxylic acid groups (broad SMARTS) is 1. The molecule has 0 aliphatic heterocycles. The average molecular weight is 260 g/mol. The van der Waals surface area contributed by atoms with Crippen molar-refractivity contribution in [3.63, 3.8) is 0 Å². The maximum absolute atomic E-state index is 10.9. The van der Waals surface area contributed by atoms with Gasteiger partial charge in [0.2, 0.25) is 0 Å². The van der Waals surface area contributed by atoms with Crippen molar-refractivity contribution in [2.45, 2.75) is 31.7 Å². The summed E-state index contributed by atoms with van der Waals surface area (Å²) in [4.78, 5) is 10.9. The van der Waals surface area contributed by atoms with E-state index in [1.807, 2.05) is 18.2 Å². The topological polar surface area (TPSA) is 90.9 Å². The molecule has 0 bridgehead atoms. The maximum atomic E-state index is 10.9. The van der Waals surface area contributed by atoms with Crippen LogP contribution in [0.15, 0.2) is 18.2 Å². The molecule has 0 unspecified atom stereocenters. The minimum atomic E-state index is -0.664. The molecule has 2 aromatic rings. The molecule has 0 spiro atoms. The number of benzene rings is 1. The van der Waals surface area contributed by atoms with Crippen molar-refractivity contribution in [3.05, 3.63) is 18.2 Å². The van der Waals surface area contributed by atoms with Gasteiger partial charge in [0.1, 0.15) is 11.0 Å². The molecule has 6 nitrogen and oxygen atoms in total. The van der Waals surface area contributed by atoms with Crippen LogP contribution in [0.5, 0.6) is 0 Å². The van der Waals surface area contributed by atoms with Crippen molar-refractivity contribution in [3.8, 4) is 0 Å². The number of aromatic amines is 1. The van der Waals surface area contributed by atoms with Gasteiger partial charge in [-0.2, -0.15) is 15.4 Å². The number of aliphatic carboxylic acids is 1. The summed E-state index contributed by atoms with van der Waals surface area (Å²) in [7, 11) is 0. The number of hydrogen-bond donors (Lipinski definition) is 3. The molecule has 100 valence electrons. The molecule has 3 rings (SSSR count). The molecular weight excluding hydrogens is 244 g/mol. The van der Waals surface area contributed by atoms with Crippen LogP contribution in [-0.4, -0.2) is 32.5 Å². The van der Waals surface area contributed by atoms with Crippen LogP contribution in [0.2, 0.25) is 0 Å². The summed E-state index contributed by atoms with van der Waals surface area (Å²) in [6.07, 6.45) is 3.29. The van der Waals surface area contributed by atoms with Gasteiger partial charge in [-0.3, -0.25) is 4.79 Å². The fourth-order valence-corrected chi connectivity index (χ4v) is 2.65. The van der Waals surface area contributed by atoms with E-state index in [2.05, 4.69) is 20.7 Å². The van der Waals surface area contributed by atoms with E-state index in [4.69, 9.17) is 5.11 Å². The first-order valence-corrected chi connectivity index (χ1v) is 6.52. The maximum Gasteiger partial charge on any atom is 0.306 e. The molecule has 1 fully saturated rings. The van der Waals surface area contributed by atoms with E-state index in [1.165, 1.54) is 0 Å². The Labute approximate surface area is 110 Å². The number of carbonyl (C=O) groups is 1. The summed E-state index contributed by atoms with van der Waals surface area (Å²) < 4.78 is 0. The summed E-state index contributed by atoms with van der Waals surface area (Å²) in [6.45, 7) is 0. The minimum absolute atomic E-state index is 0.170. The van der Waals surface area contributed by atoms with Crippen LogP contribution in [0, 0.1) is 5.92 Å². The Morgan fingerprint density at radius 2 is 1.95 bits per heavy atom. The zero-order valence-electron chi connectivity index (χ0n) is 10.5. The van der Waals surface area contributed by atoms with Crippen molar-refractivity contribution in [2.75, 3.05) is 5.32 Å². The zero-order valence-corrected chi connectivity index (χ0v) is 10.5. The molecule has 0 atom stereocenters. The Balaban J connectivity index is 1.64. The number of aromatic nitrogens is 3. The largest absolute Gasteiger partial charge is 0.481 e. The highest BCUT2D eigenvalue weighted by atomic mass is 16.4. The van der Waals surface area contributed by atoms with Gasteiger partial charge in [-0.25, -0.2) is 0 Å². The number of rotatable bonds is 3. The van der Waals surface area contributed by atoms with Crippen molar-refractivity contribution in [1.29, 1.82) is 0 Å². The quantitative estimate of drug-likeness (QED) is 0.785. The van der Waals surface area contributed by atoms with Crippen LogP contribution >= 0.6 is 0 Å². The molecular formula is C13H16N4O2. The third kappa shape index (κ3) is 2.52. The molecule has 0 saturated heterocycles. The van der Waals surface area contributed by atoms with Gasteiger partial charge < -0.3 is 10.4 Å². The molecule has 0 radical (unpaired) electrons. The van der Waals surface area contributed by atoms with Crippen LogP contribution in [0.4, 0.5) is 5.69 Å². The predicted octanol–water partition coefficient (Wildman–Crippen LogP) is 2.01. The lowest BCUT2D eigenvalue weighted by molar-refractivity contribution is -0.142. The van der Waals surface area contributed by atoms with Gasteiger partial charge in [0.05, 0.1) is 5.92 Å². The molecule has 0 amide bonds. The van der Waals surface area contributed by atoms with E-state index >= 15 is 0 Å². The molecule has 1 saturated carbocycles. The Bertz CT molecular complexity index is 587. The van der Waals surface area contributed by atoms with E-state index in [0.717, 1.165) is 42.4 Å². The van der Waals surface area contributed by atoms with Crippen LogP contribution < -0.4 is 5.32 Å². The minimum Gasteiger partial charge on any atom is -0.481 e. The standard InChI is InChI=1S/C13H16N4O2/c18-13(19)8-1-3-9(4-2-8)14-10-5-6-11-12(7-10)16-17-15-11/h5-9,14H,1-4H2,(H,18,19)(H,15,16,17).